The van der Waals surface area contributed by atoms with E-state index < -0.39 is 24.5 Å². The first kappa shape index (κ1) is 13.9. The number of rotatable bonds is 4. The van der Waals surface area contributed by atoms with Gasteiger partial charge in [-0.15, -0.1) is 0 Å². The molecular weight excluding hydrogens is 254 g/mol. The summed E-state index contributed by atoms with van der Waals surface area (Å²) in [4.78, 5) is 15.0. The molecule has 0 bridgehead atoms. The van der Waals surface area contributed by atoms with Crippen LogP contribution >= 0.6 is 0 Å². The fourth-order valence-electron chi connectivity index (χ4n) is 2.15. The van der Waals surface area contributed by atoms with Crippen LogP contribution in [-0.2, 0) is 9.47 Å². The average molecular weight is 271 g/mol. The first-order valence-electron chi connectivity index (χ1n) is 5.86. The number of hydrogen-bond acceptors (Lipinski definition) is 7. The van der Waals surface area contributed by atoms with E-state index in [2.05, 4.69) is 10.3 Å². The Morgan fingerprint density at radius 2 is 2.37 bits per heavy atom. The lowest BCUT2D eigenvalue weighted by Gasteiger charge is -2.23. The Labute approximate surface area is 109 Å². The molecule has 0 saturated carbocycles. The summed E-state index contributed by atoms with van der Waals surface area (Å²) < 4.78 is 12.3. The summed E-state index contributed by atoms with van der Waals surface area (Å²) >= 11 is 0. The highest BCUT2D eigenvalue weighted by Gasteiger charge is 2.45. The standard InChI is InChI=1S/C11H17N3O5/c1-12-11-13-7(16)3-4-14(11)10-9(18-2)8(17)6(5-15)19-10/h3-4,6,8-10,15,17H,5H2,1-2H3,(H,12,13,16)/t6-,8-,9-,10-/m1/s1. The molecule has 1 aliphatic rings. The van der Waals surface area contributed by atoms with Gasteiger partial charge in [0, 0.05) is 26.4 Å². The molecule has 0 aliphatic carbocycles. The molecule has 2 heterocycles. The molecule has 4 atom stereocenters. The van der Waals surface area contributed by atoms with Crippen LogP contribution in [0.2, 0.25) is 0 Å². The molecule has 1 aromatic heterocycles. The molecule has 0 aromatic carbocycles. The van der Waals surface area contributed by atoms with E-state index in [4.69, 9.17) is 14.6 Å². The van der Waals surface area contributed by atoms with E-state index in [9.17, 15) is 9.90 Å². The van der Waals surface area contributed by atoms with E-state index in [0.717, 1.165) is 0 Å². The largest absolute Gasteiger partial charge is 0.394 e. The van der Waals surface area contributed by atoms with Crippen molar-refractivity contribution in [2.45, 2.75) is 24.5 Å². The molecule has 8 nitrogen and oxygen atoms in total. The molecule has 0 unspecified atom stereocenters. The average Bonchev–Trinajstić information content (AvgIpc) is 2.74. The maximum absolute atomic E-state index is 11.2. The lowest BCUT2D eigenvalue weighted by atomic mass is 10.1. The van der Waals surface area contributed by atoms with Crippen LogP contribution in [0.5, 0.6) is 0 Å². The Bertz CT molecular complexity index is 491. The molecule has 0 radical (unpaired) electrons. The number of hydrogen-bond donors (Lipinski definition) is 3. The summed E-state index contributed by atoms with van der Waals surface area (Å²) in [6.45, 7) is -0.319. The number of ether oxygens (including phenoxy) is 2. The highest BCUT2D eigenvalue weighted by molar-refractivity contribution is 5.24. The van der Waals surface area contributed by atoms with Crippen LogP contribution in [0, 0.1) is 0 Å². The maximum Gasteiger partial charge on any atom is 0.274 e. The fourth-order valence-corrected chi connectivity index (χ4v) is 2.15. The molecule has 1 aliphatic heterocycles. The molecule has 1 saturated heterocycles. The van der Waals surface area contributed by atoms with Crippen LogP contribution in [0.4, 0.5) is 5.95 Å². The van der Waals surface area contributed by atoms with Crippen molar-refractivity contribution < 1.29 is 19.7 Å². The minimum Gasteiger partial charge on any atom is -0.394 e. The smallest absolute Gasteiger partial charge is 0.274 e. The van der Waals surface area contributed by atoms with Gasteiger partial charge in [-0.3, -0.25) is 9.36 Å². The second kappa shape index (κ2) is 5.66. The van der Waals surface area contributed by atoms with Gasteiger partial charge in [-0.2, -0.15) is 4.98 Å². The fraction of sp³-hybridized carbons (Fsp3) is 0.636. The molecule has 8 heteroatoms. The number of aliphatic hydroxyl groups excluding tert-OH is 2. The molecule has 1 fully saturated rings. The third-order valence-corrected chi connectivity index (χ3v) is 3.10. The summed E-state index contributed by atoms with van der Waals surface area (Å²) in [6, 6.07) is 1.29. The van der Waals surface area contributed by atoms with E-state index in [0.29, 0.717) is 5.95 Å². The first-order chi connectivity index (χ1) is 9.12. The second-order valence-corrected chi connectivity index (χ2v) is 4.19. The zero-order valence-corrected chi connectivity index (χ0v) is 10.7. The van der Waals surface area contributed by atoms with E-state index in [1.807, 2.05) is 0 Å². The second-order valence-electron chi connectivity index (χ2n) is 4.19. The van der Waals surface area contributed by atoms with Crippen molar-refractivity contribution in [1.82, 2.24) is 9.55 Å². The highest BCUT2D eigenvalue weighted by atomic mass is 16.6. The SMILES string of the molecule is CNc1nc(=O)ccn1[C@@H]1O[C@H](CO)[C@@H](O)[C@H]1OC. The van der Waals surface area contributed by atoms with Crippen LogP contribution < -0.4 is 10.9 Å². The van der Waals surface area contributed by atoms with E-state index in [-0.39, 0.29) is 12.2 Å². The number of anilines is 1. The Morgan fingerprint density at radius 3 is 2.95 bits per heavy atom. The van der Waals surface area contributed by atoms with Crippen molar-refractivity contribution in [3.8, 4) is 0 Å². The van der Waals surface area contributed by atoms with Gasteiger partial charge < -0.3 is 25.0 Å². The Hall–Kier alpha value is -1.48. The number of aliphatic hydroxyl groups is 2. The van der Waals surface area contributed by atoms with Crippen molar-refractivity contribution in [1.29, 1.82) is 0 Å². The third kappa shape index (κ3) is 2.47. The Kier molecular flexibility index (Phi) is 4.15. The van der Waals surface area contributed by atoms with Crippen molar-refractivity contribution >= 4 is 5.95 Å². The van der Waals surface area contributed by atoms with Gasteiger partial charge in [0.05, 0.1) is 6.61 Å². The van der Waals surface area contributed by atoms with E-state index in [1.54, 1.807) is 11.6 Å². The van der Waals surface area contributed by atoms with Crippen LogP contribution in [0.1, 0.15) is 6.23 Å². The summed E-state index contributed by atoms with van der Waals surface area (Å²) in [6.07, 6.45) is -1.52. The summed E-state index contributed by atoms with van der Waals surface area (Å²) in [7, 11) is 3.06. The minimum atomic E-state index is -0.955. The lowest BCUT2D eigenvalue weighted by molar-refractivity contribution is -0.0596. The van der Waals surface area contributed by atoms with Gasteiger partial charge in [-0.05, 0) is 0 Å². The van der Waals surface area contributed by atoms with Crippen molar-refractivity contribution in [2.75, 3.05) is 26.1 Å². The van der Waals surface area contributed by atoms with Gasteiger partial charge in [-0.1, -0.05) is 0 Å². The van der Waals surface area contributed by atoms with Crippen LogP contribution in [0.3, 0.4) is 0 Å². The monoisotopic (exact) mass is 271 g/mol. The van der Waals surface area contributed by atoms with Gasteiger partial charge in [0.2, 0.25) is 5.95 Å². The summed E-state index contributed by atoms with van der Waals surface area (Å²) in [5.74, 6) is 0.297. The number of methoxy groups -OCH3 is 1. The van der Waals surface area contributed by atoms with Crippen LogP contribution in [0.25, 0.3) is 0 Å². The topological polar surface area (TPSA) is 106 Å². The predicted molar refractivity (Wildman–Crippen MR) is 65.8 cm³/mol. The van der Waals surface area contributed by atoms with Crippen LogP contribution in [-0.4, -0.2) is 58.8 Å². The maximum atomic E-state index is 11.2. The zero-order valence-electron chi connectivity index (χ0n) is 10.7. The Morgan fingerprint density at radius 1 is 1.63 bits per heavy atom. The van der Waals surface area contributed by atoms with E-state index >= 15 is 0 Å². The van der Waals surface area contributed by atoms with Crippen molar-refractivity contribution in [3.05, 3.63) is 22.6 Å². The molecule has 3 N–H and O–H groups in total. The van der Waals surface area contributed by atoms with E-state index in [1.165, 1.54) is 19.4 Å². The quantitative estimate of drug-likeness (QED) is 0.615. The molecular formula is C11H17N3O5. The molecule has 2 rings (SSSR count). The molecule has 0 spiro atoms. The molecule has 0 amide bonds. The third-order valence-electron chi connectivity index (χ3n) is 3.10. The van der Waals surface area contributed by atoms with Crippen molar-refractivity contribution in [2.24, 2.45) is 0 Å². The molecule has 1 aromatic rings. The van der Waals surface area contributed by atoms with Gasteiger partial charge >= 0.3 is 0 Å². The van der Waals surface area contributed by atoms with Gasteiger partial charge in [0.15, 0.2) is 6.23 Å². The normalized spacial score (nSPS) is 30.5. The molecule has 19 heavy (non-hydrogen) atoms. The number of aromatic nitrogens is 2. The highest BCUT2D eigenvalue weighted by Crippen LogP contribution is 2.32. The Balaban J connectivity index is 2.38. The molecule has 106 valence electrons. The lowest BCUT2D eigenvalue weighted by Crippen LogP contribution is -2.35. The summed E-state index contributed by atoms with van der Waals surface area (Å²) in [5.41, 5.74) is -0.383. The van der Waals surface area contributed by atoms with Gasteiger partial charge in [0.25, 0.3) is 5.56 Å². The van der Waals surface area contributed by atoms with Gasteiger partial charge in [-0.25, -0.2) is 0 Å². The first-order valence-corrected chi connectivity index (χ1v) is 5.86. The summed E-state index contributed by atoms with van der Waals surface area (Å²) in [5, 5.41) is 21.9. The number of nitrogens with one attached hydrogen (secondary N) is 1. The number of nitrogens with zero attached hydrogens (tertiary/aromatic N) is 2. The predicted octanol–water partition coefficient (Wildman–Crippen LogP) is -1.45. The minimum absolute atomic E-state index is 0.297. The van der Waals surface area contributed by atoms with Crippen molar-refractivity contribution in [3.63, 3.8) is 0 Å². The van der Waals surface area contributed by atoms with Crippen LogP contribution in [0.15, 0.2) is 17.1 Å². The van der Waals surface area contributed by atoms with Gasteiger partial charge in [0.1, 0.15) is 18.3 Å². The zero-order chi connectivity index (χ0) is 14.0.